The Hall–Kier alpha value is -4.24. The summed E-state index contributed by atoms with van der Waals surface area (Å²) in [7, 11) is 4.56. The first-order valence-corrected chi connectivity index (χ1v) is 9.56. The number of benzene rings is 3. The first-order valence-electron chi connectivity index (χ1n) is 9.56. The highest BCUT2D eigenvalue weighted by molar-refractivity contribution is 5.87. The standard InChI is InChI=1S/C25H20N2O4/c1-29-22-11-18(12-23(30-2)24(22)31-3)19-13-21(27-25(28)20(19)14-26)17-9-8-15-6-4-5-7-16(15)10-17/h4-13H,1-3H3,(H,27,28). The molecule has 4 aromatic rings. The van der Waals surface area contributed by atoms with Gasteiger partial charge in [0.15, 0.2) is 11.5 Å². The summed E-state index contributed by atoms with van der Waals surface area (Å²) < 4.78 is 16.2. The Morgan fingerprint density at radius 3 is 2.10 bits per heavy atom. The van der Waals surface area contributed by atoms with Crippen LogP contribution in [0.4, 0.5) is 0 Å². The van der Waals surface area contributed by atoms with Gasteiger partial charge >= 0.3 is 0 Å². The van der Waals surface area contributed by atoms with Gasteiger partial charge in [0.1, 0.15) is 11.6 Å². The summed E-state index contributed by atoms with van der Waals surface area (Å²) in [6, 6.07) is 21.2. The third-order valence-corrected chi connectivity index (χ3v) is 5.18. The molecule has 1 N–H and O–H groups in total. The van der Waals surface area contributed by atoms with E-state index < -0.39 is 5.56 Å². The van der Waals surface area contributed by atoms with Crippen LogP contribution in [0, 0.1) is 11.3 Å². The monoisotopic (exact) mass is 412 g/mol. The lowest BCUT2D eigenvalue weighted by Crippen LogP contribution is -2.12. The quantitative estimate of drug-likeness (QED) is 0.511. The molecule has 0 unspecified atom stereocenters. The lowest BCUT2D eigenvalue weighted by atomic mass is 9.97. The molecule has 3 aromatic carbocycles. The molecule has 0 spiro atoms. The topological polar surface area (TPSA) is 84.3 Å². The molecule has 6 heteroatoms. The van der Waals surface area contributed by atoms with Crippen molar-refractivity contribution in [2.45, 2.75) is 0 Å². The van der Waals surface area contributed by atoms with E-state index in [1.807, 2.05) is 48.5 Å². The number of hydrogen-bond acceptors (Lipinski definition) is 5. The second-order valence-electron chi connectivity index (χ2n) is 6.89. The minimum atomic E-state index is -0.461. The van der Waals surface area contributed by atoms with Crippen LogP contribution >= 0.6 is 0 Å². The van der Waals surface area contributed by atoms with Crippen LogP contribution in [0.1, 0.15) is 5.56 Å². The summed E-state index contributed by atoms with van der Waals surface area (Å²) in [4.78, 5) is 15.6. The minimum absolute atomic E-state index is 0.0128. The van der Waals surface area contributed by atoms with Crippen LogP contribution in [0.3, 0.4) is 0 Å². The fourth-order valence-corrected chi connectivity index (χ4v) is 3.65. The van der Waals surface area contributed by atoms with E-state index in [0.29, 0.717) is 34.1 Å². The number of pyridine rings is 1. The molecule has 0 saturated carbocycles. The molecule has 0 atom stereocenters. The second-order valence-corrected chi connectivity index (χ2v) is 6.89. The van der Waals surface area contributed by atoms with E-state index in [1.165, 1.54) is 21.3 Å². The van der Waals surface area contributed by atoms with Gasteiger partial charge < -0.3 is 19.2 Å². The summed E-state index contributed by atoms with van der Waals surface area (Å²) in [5.41, 5.74) is 2.09. The largest absolute Gasteiger partial charge is 0.493 e. The van der Waals surface area contributed by atoms with Gasteiger partial charge in [0.25, 0.3) is 5.56 Å². The van der Waals surface area contributed by atoms with Gasteiger partial charge in [-0.05, 0) is 46.2 Å². The zero-order chi connectivity index (χ0) is 22.0. The van der Waals surface area contributed by atoms with E-state index in [2.05, 4.69) is 4.98 Å². The number of aromatic amines is 1. The molecule has 0 aliphatic rings. The van der Waals surface area contributed by atoms with Gasteiger partial charge in [-0.3, -0.25) is 4.79 Å². The summed E-state index contributed by atoms with van der Waals surface area (Å²) in [5, 5.41) is 11.8. The number of nitrogens with zero attached hydrogens (tertiary/aromatic N) is 1. The van der Waals surface area contributed by atoms with Crippen LogP contribution in [-0.4, -0.2) is 26.3 Å². The summed E-state index contributed by atoms with van der Waals surface area (Å²) in [6.45, 7) is 0. The molecule has 6 nitrogen and oxygen atoms in total. The number of nitrogens with one attached hydrogen (secondary N) is 1. The SMILES string of the molecule is COc1cc(-c2cc(-c3ccc4ccccc4c3)[nH]c(=O)c2C#N)cc(OC)c1OC. The van der Waals surface area contributed by atoms with Crippen molar-refractivity contribution in [1.29, 1.82) is 5.26 Å². The van der Waals surface area contributed by atoms with Crippen LogP contribution in [-0.2, 0) is 0 Å². The molecule has 4 rings (SSSR count). The average molecular weight is 412 g/mol. The average Bonchev–Trinajstić information content (AvgIpc) is 2.82. The number of hydrogen-bond donors (Lipinski definition) is 1. The molecule has 0 aliphatic carbocycles. The number of ether oxygens (including phenoxy) is 3. The number of methoxy groups -OCH3 is 3. The zero-order valence-electron chi connectivity index (χ0n) is 17.4. The summed E-state index contributed by atoms with van der Waals surface area (Å²) in [6.07, 6.45) is 0. The Kier molecular flexibility index (Phi) is 5.33. The highest BCUT2D eigenvalue weighted by Crippen LogP contribution is 2.42. The second kappa shape index (κ2) is 8.25. The van der Waals surface area contributed by atoms with E-state index >= 15 is 0 Å². The molecule has 1 heterocycles. The van der Waals surface area contributed by atoms with Crippen molar-refractivity contribution >= 4 is 10.8 Å². The first kappa shape index (κ1) is 20.0. The molecular weight excluding hydrogens is 392 g/mol. The highest BCUT2D eigenvalue weighted by atomic mass is 16.5. The highest BCUT2D eigenvalue weighted by Gasteiger charge is 2.18. The summed E-state index contributed by atoms with van der Waals surface area (Å²) >= 11 is 0. The van der Waals surface area contributed by atoms with Crippen LogP contribution in [0.5, 0.6) is 17.2 Å². The first-order chi connectivity index (χ1) is 15.1. The predicted octanol–water partition coefficient (Wildman–Crippen LogP) is 4.76. The normalized spacial score (nSPS) is 10.5. The van der Waals surface area contributed by atoms with Crippen LogP contribution in [0.2, 0.25) is 0 Å². The summed E-state index contributed by atoms with van der Waals surface area (Å²) in [5.74, 6) is 1.31. The maximum absolute atomic E-state index is 12.8. The maximum Gasteiger partial charge on any atom is 0.266 e. The van der Waals surface area contributed by atoms with E-state index in [4.69, 9.17) is 14.2 Å². The third-order valence-electron chi connectivity index (χ3n) is 5.18. The number of H-pyrrole nitrogens is 1. The van der Waals surface area contributed by atoms with E-state index in [1.54, 1.807) is 18.2 Å². The van der Waals surface area contributed by atoms with Crippen molar-refractivity contribution < 1.29 is 14.2 Å². The Labute approximate surface area is 179 Å². The molecule has 0 aliphatic heterocycles. The van der Waals surface area contributed by atoms with Crippen LogP contribution in [0.25, 0.3) is 33.2 Å². The molecule has 1 aromatic heterocycles. The third kappa shape index (κ3) is 3.58. The molecular formula is C25H20N2O4. The van der Waals surface area contributed by atoms with Crippen molar-refractivity contribution in [3.8, 4) is 45.7 Å². The number of nitriles is 1. The van der Waals surface area contributed by atoms with Crippen LogP contribution < -0.4 is 19.8 Å². The van der Waals surface area contributed by atoms with Gasteiger partial charge in [-0.25, -0.2) is 0 Å². The van der Waals surface area contributed by atoms with E-state index in [-0.39, 0.29) is 5.56 Å². The molecule has 31 heavy (non-hydrogen) atoms. The maximum atomic E-state index is 12.8. The van der Waals surface area contributed by atoms with Crippen molar-refractivity contribution in [3.05, 3.63) is 76.6 Å². The fraction of sp³-hybridized carbons (Fsp3) is 0.120. The number of rotatable bonds is 5. The molecule has 0 radical (unpaired) electrons. The van der Waals surface area contributed by atoms with Gasteiger partial charge in [-0.1, -0.05) is 36.4 Å². The van der Waals surface area contributed by atoms with Crippen molar-refractivity contribution in [2.75, 3.05) is 21.3 Å². The molecule has 154 valence electrons. The van der Waals surface area contributed by atoms with E-state index in [0.717, 1.165) is 16.3 Å². The Bertz CT molecular complexity index is 1360. The fourth-order valence-electron chi connectivity index (χ4n) is 3.65. The van der Waals surface area contributed by atoms with Gasteiger partial charge in [0.05, 0.1) is 21.3 Å². The minimum Gasteiger partial charge on any atom is -0.493 e. The smallest absolute Gasteiger partial charge is 0.266 e. The number of fused-ring (bicyclic) bond motifs is 1. The predicted molar refractivity (Wildman–Crippen MR) is 120 cm³/mol. The Morgan fingerprint density at radius 1 is 0.806 bits per heavy atom. The van der Waals surface area contributed by atoms with Gasteiger partial charge in [-0.15, -0.1) is 0 Å². The lowest BCUT2D eigenvalue weighted by molar-refractivity contribution is 0.324. The Balaban J connectivity index is 1.95. The van der Waals surface area contributed by atoms with Gasteiger partial charge in [-0.2, -0.15) is 5.26 Å². The molecule has 0 bridgehead atoms. The van der Waals surface area contributed by atoms with Gasteiger partial charge in [0.2, 0.25) is 5.75 Å². The van der Waals surface area contributed by atoms with Crippen LogP contribution in [0.15, 0.2) is 65.5 Å². The lowest BCUT2D eigenvalue weighted by Gasteiger charge is -2.15. The van der Waals surface area contributed by atoms with Crippen molar-refractivity contribution in [3.63, 3.8) is 0 Å². The molecule has 0 fully saturated rings. The van der Waals surface area contributed by atoms with Gasteiger partial charge in [0, 0.05) is 11.3 Å². The van der Waals surface area contributed by atoms with Crippen molar-refractivity contribution in [2.24, 2.45) is 0 Å². The van der Waals surface area contributed by atoms with Crippen molar-refractivity contribution in [1.82, 2.24) is 4.98 Å². The zero-order valence-corrected chi connectivity index (χ0v) is 17.4. The molecule has 0 amide bonds. The Morgan fingerprint density at radius 2 is 1.48 bits per heavy atom. The molecule has 0 saturated heterocycles. The van der Waals surface area contributed by atoms with E-state index in [9.17, 15) is 10.1 Å². The number of aromatic nitrogens is 1.